The van der Waals surface area contributed by atoms with Crippen molar-refractivity contribution in [2.45, 2.75) is 39.7 Å². The Morgan fingerprint density at radius 1 is 1.30 bits per heavy atom. The lowest BCUT2D eigenvalue weighted by Gasteiger charge is -2.37. The summed E-state index contributed by atoms with van der Waals surface area (Å²) in [6.45, 7) is 7.39. The second kappa shape index (κ2) is 6.32. The number of ether oxygens (including phenoxy) is 1. The van der Waals surface area contributed by atoms with Gasteiger partial charge in [0.15, 0.2) is 0 Å². The van der Waals surface area contributed by atoms with Gasteiger partial charge >= 0.3 is 0 Å². The Bertz CT molecular complexity index is 702. The topological polar surface area (TPSA) is 27.1 Å². The third-order valence-corrected chi connectivity index (χ3v) is 5.13. The van der Waals surface area contributed by atoms with Crippen molar-refractivity contribution in [3.05, 3.63) is 58.9 Å². The Kier molecular flexibility index (Phi) is 4.40. The highest BCUT2D eigenvalue weighted by Gasteiger charge is 2.35. The highest BCUT2D eigenvalue weighted by molar-refractivity contribution is 5.58. The summed E-state index contributed by atoms with van der Waals surface area (Å²) in [5.74, 6) is 0. The summed E-state index contributed by atoms with van der Waals surface area (Å²) in [7, 11) is 2.01. The number of hydrogen-bond acceptors (Lipinski definition) is 2. The predicted molar refractivity (Wildman–Crippen MR) is 94.1 cm³/mol. The van der Waals surface area contributed by atoms with E-state index in [-0.39, 0.29) is 11.5 Å². The molecule has 1 aliphatic carbocycles. The molecule has 1 aromatic heterocycles. The van der Waals surface area contributed by atoms with E-state index in [1.165, 1.54) is 22.4 Å². The van der Waals surface area contributed by atoms with E-state index in [4.69, 9.17) is 4.74 Å². The zero-order chi connectivity index (χ0) is 16.4. The minimum atomic E-state index is 0.103. The lowest BCUT2D eigenvalue weighted by Crippen LogP contribution is -2.28. The average molecular weight is 310 g/mol. The summed E-state index contributed by atoms with van der Waals surface area (Å²) in [5.41, 5.74) is 5.36. The van der Waals surface area contributed by atoms with Gasteiger partial charge in [-0.25, -0.2) is 0 Å². The van der Waals surface area contributed by atoms with E-state index in [0.717, 1.165) is 19.4 Å². The van der Waals surface area contributed by atoms with Crippen LogP contribution in [0, 0.1) is 5.41 Å². The fourth-order valence-corrected chi connectivity index (χ4v) is 3.54. The summed E-state index contributed by atoms with van der Waals surface area (Å²) < 4.78 is 8.06. The van der Waals surface area contributed by atoms with Crippen LogP contribution in [0.15, 0.2) is 42.1 Å². The molecule has 0 spiro atoms. The van der Waals surface area contributed by atoms with Gasteiger partial charge in [0, 0.05) is 13.7 Å². The molecule has 23 heavy (non-hydrogen) atoms. The van der Waals surface area contributed by atoms with Crippen molar-refractivity contribution in [2.24, 2.45) is 12.5 Å². The number of benzene rings is 1. The lowest BCUT2D eigenvalue weighted by molar-refractivity contribution is 0.0324. The molecule has 3 rings (SSSR count). The molecule has 0 radical (unpaired) electrons. The highest BCUT2D eigenvalue weighted by Crippen LogP contribution is 2.44. The van der Waals surface area contributed by atoms with Crippen molar-refractivity contribution in [1.29, 1.82) is 0 Å². The van der Waals surface area contributed by atoms with Crippen LogP contribution in [-0.4, -0.2) is 16.4 Å². The molecule has 0 aliphatic heterocycles. The third-order valence-electron chi connectivity index (χ3n) is 5.13. The van der Waals surface area contributed by atoms with Crippen molar-refractivity contribution in [2.75, 3.05) is 6.61 Å². The van der Waals surface area contributed by atoms with E-state index in [1.807, 2.05) is 17.9 Å². The van der Waals surface area contributed by atoms with Crippen LogP contribution in [0.3, 0.4) is 0 Å². The van der Waals surface area contributed by atoms with Crippen LogP contribution >= 0.6 is 0 Å². The van der Waals surface area contributed by atoms with E-state index in [1.54, 1.807) is 0 Å². The number of allylic oxidation sites excluding steroid dienone is 1. The van der Waals surface area contributed by atoms with Crippen molar-refractivity contribution in [1.82, 2.24) is 9.78 Å². The van der Waals surface area contributed by atoms with Gasteiger partial charge < -0.3 is 4.74 Å². The third kappa shape index (κ3) is 3.11. The van der Waals surface area contributed by atoms with Gasteiger partial charge in [0.2, 0.25) is 0 Å². The van der Waals surface area contributed by atoms with Crippen molar-refractivity contribution in [3.8, 4) is 0 Å². The van der Waals surface area contributed by atoms with Gasteiger partial charge in [-0.3, -0.25) is 4.68 Å². The number of aromatic nitrogens is 2. The van der Waals surface area contributed by atoms with Gasteiger partial charge in [0.25, 0.3) is 0 Å². The average Bonchev–Trinajstić information content (AvgIpc) is 2.89. The Hall–Kier alpha value is -1.87. The molecule has 0 saturated carbocycles. The van der Waals surface area contributed by atoms with Crippen LogP contribution in [0.1, 0.15) is 50.1 Å². The highest BCUT2D eigenvalue weighted by atomic mass is 16.5. The van der Waals surface area contributed by atoms with E-state index in [9.17, 15) is 0 Å². The van der Waals surface area contributed by atoms with E-state index in [0.29, 0.717) is 0 Å². The standard InChI is InChI=1S/C20H26N2O/c1-5-23-19(16-9-7-6-8-10-16)13-20(3)12-17-14-21-22(4)18(17)11-15(20)2/h6-11,14,19H,5,12-13H2,1-4H3/t19-,20-/m1/s1. The molecular formula is C20H26N2O. The number of nitrogens with zero attached hydrogens (tertiary/aromatic N) is 2. The van der Waals surface area contributed by atoms with Gasteiger partial charge in [-0.05, 0) is 49.3 Å². The minimum absolute atomic E-state index is 0.103. The van der Waals surface area contributed by atoms with Crippen LogP contribution in [0.2, 0.25) is 0 Å². The Morgan fingerprint density at radius 3 is 2.74 bits per heavy atom. The fraction of sp³-hybridized carbons (Fsp3) is 0.450. The summed E-state index contributed by atoms with van der Waals surface area (Å²) in [6.07, 6.45) is 6.44. The molecule has 1 aliphatic rings. The maximum Gasteiger partial charge on any atom is 0.0833 e. The Balaban J connectivity index is 1.88. The molecule has 1 aromatic carbocycles. The first-order valence-corrected chi connectivity index (χ1v) is 8.39. The quantitative estimate of drug-likeness (QED) is 0.810. The van der Waals surface area contributed by atoms with Gasteiger partial charge in [-0.1, -0.05) is 42.8 Å². The normalized spacial score (nSPS) is 21.7. The smallest absolute Gasteiger partial charge is 0.0833 e. The first-order valence-electron chi connectivity index (χ1n) is 8.39. The molecule has 0 saturated heterocycles. The van der Waals surface area contributed by atoms with Crippen molar-refractivity contribution < 1.29 is 4.74 Å². The van der Waals surface area contributed by atoms with Crippen LogP contribution in [0.5, 0.6) is 0 Å². The number of hydrogen-bond donors (Lipinski definition) is 0. The van der Waals surface area contributed by atoms with Crippen molar-refractivity contribution >= 4 is 6.08 Å². The fourth-order valence-electron chi connectivity index (χ4n) is 3.54. The molecule has 3 nitrogen and oxygen atoms in total. The molecule has 0 fully saturated rings. The molecule has 0 N–H and O–H groups in total. The second-order valence-electron chi connectivity index (χ2n) is 6.80. The first-order chi connectivity index (χ1) is 11.0. The zero-order valence-electron chi connectivity index (χ0n) is 14.5. The molecule has 2 atom stereocenters. The maximum atomic E-state index is 6.09. The molecule has 122 valence electrons. The van der Waals surface area contributed by atoms with E-state index >= 15 is 0 Å². The summed E-state index contributed by atoms with van der Waals surface area (Å²) in [6, 6.07) is 10.6. The molecule has 0 bridgehead atoms. The molecule has 0 unspecified atom stereocenters. The summed E-state index contributed by atoms with van der Waals surface area (Å²) in [5, 5.41) is 4.41. The van der Waals surface area contributed by atoms with E-state index in [2.05, 4.69) is 62.3 Å². The van der Waals surface area contributed by atoms with Gasteiger partial charge in [-0.15, -0.1) is 0 Å². The molecular weight excluding hydrogens is 284 g/mol. The Labute approximate surface area is 139 Å². The summed E-state index contributed by atoms with van der Waals surface area (Å²) in [4.78, 5) is 0. The molecule has 3 heteroatoms. The number of aryl methyl sites for hydroxylation is 1. The number of fused-ring (bicyclic) bond motifs is 1. The van der Waals surface area contributed by atoms with Crippen molar-refractivity contribution in [3.63, 3.8) is 0 Å². The van der Waals surface area contributed by atoms with Crippen LogP contribution < -0.4 is 0 Å². The molecule has 0 amide bonds. The predicted octanol–water partition coefficient (Wildman–Crippen LogP) is 4.55. The zero-order valence-corrected chi connectivity index (χ0v) is 14.5. The second-order valence-corrected chi connectivity index (χ2v) is 6.80. The SMILES string of the molecule is CCO[C@H](C[C@@]1(C)Cc2cnn(C)c2C=C1C)c1ccccc1. The summed E-state index contributed by atoms with van der Waals surface area (Å²) >= 11 is 0. The lowest BCUT2D eigenvalue weighted by atomic mass is 9.70. The van der Waals surface area contributed by atoms with Crippen LogP contribution in [-0.2, 0) is 18.2 Å². The molecule has 2 aromatic rings. The molecule has 1 heterocycles. The van der Waals surface area contributed by atoms with Gasteiger partial charge in [-0.2, -0.15) is 5.10 Å². The maximum absolute atomic E-state index is 6.09. The van der Waals surface area contributed by atoms with Gasteiger partial charge in [0.1, 0.15) is 0 Å². The first kappa shape index (κ1) is 16.0. The minimum Gasteiger partial charge on any atom is -0.374 e. The number of rotatable bonds is 5. The van der Waals surface area contributed by atoms with E-state index < -0.39 is 0 Å². The van der Waals surface area contributed by atoms with Crippen LogP contribution in [0.25, 0.3) is 6.08 Å². The monoisotopic (exact) mass is 310 g/mol. The van der Waals surface area contributed by atoms with Crippen LogP contribution in [0.4, 0.5) is 0 Å². The largest absolute Gasteiger partial charge is 0.374 e. The Morgan fingerprint density at radius 2 is 2.04 bits per heavy atom. The van der Waals surface area contributed by atoms with Gasteiger partial charge in [0.05, 0.1) is 18.0 Å².